The highest BCUT2D eigenvalue weighted by molar-refractivity contribution is 5.94. The molecule has 0 radical (unpaired) electrons. The van der Waals surface area contributed by atoms with E-state index in [1.54, 1.807) is 25.3 Å². The van der Waals surface area contributed by atoms with Crippen molar-refractivity contribution in [2.24, 2.45) is 0 Å². The molecule has 7 heteroatoms. The number of rotatable bonds is 7. The molecule has 2 rings (SSSR count). The zero-order chi connectivity index (χ0) is 17.4. The van der Waals surface area contributed by atoms with Crippen molar-refractivity contribution in [3.05, 3.63) is 23.8 Å². The number of hydrogen-bond acceptors (Lipinski definition) is 5. The van der Waals surface area contributed by atoms with Gasteiger partial charge >= 0.3 is 0 Å². The van der Waals surface area contributed by atoms with Gasteiger partial charge in [0.1, 0.15) is 13.2 Å². The molecule has 1 aliphatic heterocycles. The Balaban J connectivity index is 1.96. The lowest BCUT2D eigenvalue weighted by atomic mass is 10.1. The molecule has 1 heterocycles. The molecule has 1 aliphatic rings. The number of nitrogens with one attached hydrogen (secondary N) is 2. The van der Waals surface area contributed by atoms with Crippen LogP contribution < -0.4 is 24.8 Å². The summed E-state index contributed by atoms with van der Waals surface area (Å²) in [7, 11) is 1.54. The fourth-order valence-corrected chi connectivity index (χ4v) is 2.11. The molecule has 1 aromatic rings. The van der Waals surface area contributed by atoms with E-state index in [0.717, 1.165) is 12.0 Å². The normalized spacial score (nSPS) is 12.8. The van der Waals surface area contributed by atoms with Crippen molar-refractivity contribution in [2.45, 2.75) is 13.3 Å². The van der Waals surface area contributed by atoms with Crippen LogP contribution in [0, 0.1) is 0 Å². The molecule has 0 aromatic heterocycles. The third-order valence-corrected chi connectivity index (χ3v) is 3.27. The Morgan fingerprint density at radius 2 is 2.04 bits per heavy atom. The highest BCUT2D eigenvalue weighted by Crippen LogP contribution is 2.40. The second-order valence-corrected chi connectivity index (χ2v) is 5.15. The van der Waals surface area contributed by atoms with Crippen molar-refractivity contribution in [2.75, 3.05) is 33.4 Å². The molecule has 2 N–H and O–H groups in total. The third-order valence-electron chi connectivity index (χ3n) is 3.27. The SMILES string of the molecule is CCCNC(=O)CNC(=O)/C=C/c1cc(OC)c2c(c1)OCCO2. The Kier molecular flexibility index (Phi) is 6.48. The van der Waals surface area contributed by atoms with E-state index in [4.69, 9.17) is 14.2 Å². The van der Waals surface area contributed by atoms with Gasteiger partial charge in [0.05, 0.1) is 13.7 Å². The van der Waals surface area contributed by atoms with Gasteiger partial charge in [0.25, 0.3) is 0 Å². The lowest BCUT2D eigenvalue weighted by Gasteiger charge is -2.20. The first kappa shape index (κ1) is 17.7. The predicted molar refractivity (Wildman–Crippen MR) is 89.3 cm³/mol. The van der Waals surface area contributed by atoms with Gasteiger partial charge in [-0.3, -0.25) is 9.59 Å². The second kappa shape index (κ2) is 8.81. The maximum Gasteiger partial charge on any atom is 0.244 e. The Bertz CT molecular complexity index is 610. The van der Waals surface area contributed by atoms with Crippen LogP contribution in [-0.2, 0) is 9.59 Å². The van der Waals surface area contributed by atoms with Crippen molar-refractivity contribution >= 4 is 17.9 Å². The summed E-state index contributed by atoms with van der Waals surface area (Å²) in [4.78, 5) is 23.2. The van der Waals surface area contributed by atoms with Crippen LogP contribution >= 0.6 is 0 Å². The molecular formula is C17H22N2O5. The number of hydrogen-bond donors (Lipinski definition) is 2. The fraction of sp³-hybridized carbons (Fsp3) is 0.412. The van der Waals surface area contributed by atoms with Crippen LogP contribution in [0.1, 0.15) is 18.9 Å². The maximum atomic E-state index is 11.8. The summed E-state index contributed by atoms with van der Waals surface area (Å²) in [6, 6.07) is 3.53. The molecule has 0 atom stereocenters. The Labute approximate surface area is 141 Å². The molecular weight excluding hydrogens is 312 g/mol. The molecule has 1 aromatic carbocycles. The van der Waals surface area contributed by atoms with Crippen molar-refractivity contribution < 1.29 is 23.8 Å². The molecule has 0 spiro atoms. The molecule has 2 amide bonds. The van der Waals surface area contributed by atoms with E-state index < -0.39 is 0 Å². The molecule has 0 unspecified atom stereocenters. The minimum atomic E-state index is -0.351. The zero-order valence-corrected chi connectivity index (χ0v) is 13.9. The van der Waals surface area contributed by atoms with Crippen LogP contribution in [0.4, 0.5) is 0 Å². The second-order valence-electron chi connectivity index (χ2n) is 5.15. The Morgan fingerprint density at radius 1 is 1.25 bits per heavy atom. The third kappa shape index (κ3) is 4.91. The van der Waals surface area contributed by atoms with Gasteiger partial charge in [-0.1, -0.05) is 6.92 Å². The van der Waals surface area contributed by atoms with E-state index in [2.05, 4.69) is 10.6 Å². The van der Waals surface area contributed by atoms with Gasteiger partial charge in [0, 0.05) is 12.6 Å². The van der Waals surface area contributed by atoms with Gasteiger partial charge in [-0.25, -0.2) is 0 Å². The summed E-state index contributed by atoms with van der Waals surface area (Å²) in [6.07, 6.45) is 3.84. The van der Waals surface area contributed by atoms with E-state index in [9.17, 15) is 9.59 Å². The van der Waals surface area contributed by atoms with E-state index in [1.807, 2.05) is 6.92 Å². The van der Waals surface area contributed by atoms with Gasteiger partial charge in [-0.15, -0.1) is 0 Å². The molecule has 0 saturated carbocycles. The zero-order valence-electron chi connectivity index (χ0n) is 13.9. The molecule has 0 fully saturated rings. The molecule has 0 aliphatic carbocycles. The van der Waals surface area contributed by atoms with Crippen LogP contribution in [-0.4, -0.2) is 45.2 Å². The minimum Gasteiger partial charge on any atom is -0.493 e. The first-order valence-electron chi connectivity index (χ1n) is 7.84. The predicted octanol–water partition coefficient (Wildman–Crippen LogP) is 1.12. The number of fused-ring (bicyclic) bond motifs is 1. The van der Waals surface area contributed by atoms with Crippen LogP contribution in [0.15, 0.2) is 18.2 Å². The standard InChI is InChI=1S/C17H22N2O5/c1-3-6-18-16(21)11-19-15(20)5-4-12-9-13(22-2)17-14(10-12)23-7-8-24-17/h4-5,9-10H,3,6-8,11H2,1-2H3,(H,18,21)(H,19,20)/b5-4+. The van der Waals surface area contributed by atoms with Gasteiger partial charge in [0.15, 0.2) is 11.5 Å². The summed E-state index contributed by atoms with van der Waals surface area (Å²) in [6.45, 7) is 3.45. The first-order valence-corrected chi connectivity index (χ1v) is 7.84. The average molecular weight is 334 g/mol. The maximum absolute atomic E-state index is 11.8. The van der Waals surface area contributed by atoms with Gasteiger partial charge < -0.3 is 24.8 Å². The van der Waals surface area contributed by atoms with Crippen LogP contribution in [0.3, 0.4) is 0 Å². The van der Waals surface area contributed by atoms with Crippen molar-refractivity contribution in [1.29, 1.82) is 0 Å². The Hall–Kier alpha value is -2.70. The number of ether oxygens (including phenoxy) is 3. The smallest absolute Gasteiger partial charge is 0.244 e. The topological polar surface area (TPSA) is 85.9 Å². The van der Waals surface area contributed by atoms with Crippen LogP contribution in [0.5, 0.6) is 17.2 Å². The first-order chi connectivity index (χ1) is 11.6. The van der Waals surface area contributed by atoms with Crippen LogP contribution in [0.2, 0.25) is 0 Å². The number of carbonyl (C=O) groups excluding carboxylic acids is 2. The number of carbonyl (C=O) groups is 2. The van der Waals surface area contributed by atoms with Crippen molar-refractivity contribution in [3.63, 3.8) is 0 Å². The van der Waals surface area contributed by atoms with E-state index in [-0.39, 0.29) is 18.4 Å². The van der Waals surface area contributed by atoms with Gasteiger partial charge in [-0.05, 0) is 30.2 Å². The quantitative estimate of drug-likeness (QED) is 0.730. The van der Waals surface area contributed by atoms with Gasteiger partial charge in [-0.2, -0.15) is 0 Å². The summed E-state index contributed by atoms with van der Waals surface area (Å²) >= 11 is 0. The highest BCUT2D eigenvalue weighted by atomic mass is 16.6. The average Bonchev–Trinajstić information content (AvgIpc) is 2.62. The monoisotopic (exact) mass is 334 g/mol. The Morgan fingerprint density at radius 3 is 2.79 bits per heavy atom. The van der Waals surface area contributed by atoms with E-state index >= 15 is 0 Å². The molecule has 130 valence electrons. The number of amides is 2. The molecule has 7 nitrogen and oxygen atoms in total. The van der Waals surface area contributed by atoms with E-state index in [0.29, 0.717) is 37.0 Å². The summed E-state index contributed by atoms with van der Waals surface area (Å²) in [5.74, 6) is 1.14. The number of methoxy groups -OCH3 is 1. The van der Waals surface area contributed by atoms with Crippen molar-refractivity contribution in [1.82, 2.24) is 10.6 Å². The van der Waals surface area contributed by atoms with E-state index in [1.165, 1.54) is 6.08 Å². The number of benzene rings is 1. The van der Waals surface area contributed by atoms with Crippen LogP contribution in [0.25, 0.3) is 6.08 Å². The minimum absolute atomic E-state index is 0.0480. The lowest BCUT2D eigenvalue weighted by molar-refractivity contribution is -0.123. The molecule has 0 saturated heterocycles. The van der Waals surface area contributed by atoms with Crippen molar-refractivity contribution in [3.8, 4) is 17.2 Å². The molecule has 24 heavy (non-hydrogen) atoms. The fourth-order valence-electron chi connectivity index (χ4n) is 2.11. The lowest BCUT2D eigenvalue weighted by Crippen LogP contribution is -2.36. The molecule has 0 bridgehead atoms. The summed E-state index contributed by atoms with van der Waals surface area (Å²) < 4.78 is 16.3. The summed E-state index contributed by atoms with van der Waals surface area (Å²) in [5.41, 5.74) is 0.738. The van der Waals surface area contributed by atoms with Gasteiger partial charge in [0.2, 0.25) is 17.6 Å². The largest absolute Gasteiger partial charge is 0.493 e. The summed E-state index contributed by atoms with van der Waals surface area (Å²) in [5, 5.41) is 5.21. The highest BCUT2D eigenvalue weighted by Gasteiger charge is 2.17.